The van der Waals surface area contributed by atoms with Crippen LogP contribution in [0.15, 0.2) is 53.2 Å². The highest BCUT2D eigenvalue weighted by atomic mass is 16.5. The van der Waals surface area contributed by atoms with Crippen LogP contribution in [-0.4, -0.2) is 16.7 Å². The topological polar surface area (TPSA) is 74.2 Å². The molecule has 2 aromatic heterocycles. The summed E-state index contributed by atoms with van der Waals surface area (Å²) in [5.74, 6) is 1.73. The number of hydrogen-bond acceptors (Lipinski definition) is 5. The van der Waals surface area contributed by atoms with E-state index in [1.807, 2.05) is 49.4 Å². The summed E-state index contributed by atoms with van der Waals surface area (Å²) in [6, 6.07) is 13.3. The van der Waals surface area contributed by atoms with Crippen molar-refractivity contribution < 1.29 is 9.26 Å². The van der Waals surface area contributed by atoms with Crippen LogP contribution >= 0.6 is 0 Å². The van der Waals surface area contributed by atoms with E-state index in [-0.39, 0.29) is 0 Å². The lowest BCUT2D eigenvalue weighted by Crippen LogP contribution is -1.92. The average molecular weight is 281 g/mol. The maximum absolute atomic E-state index is 5.94. The minimum atomic E-state index is 0.347. The Balaban J connectivity index is 2.04. The van der Waals surface area contributed by atoms with E-state index in [1.54, 1.807) is 6.20 Å². The molecule has 1 aromatic carbocycles. The Morgan fingerprint density at radius 3 is 2.62 bits per heavy atom. The highest BCUT2D eigenvalue weighted by Gasteiger charge is 2.18. The Kier molecular flexibility index (Phi) is 3.55. The van der Waals surface area contributed by atoms with E-state index in [0.717, 1.165) is 16.9 Å². The minimum Gasteiger partial charge on any atom is -0.494 e. The summed E-state index contributed by atoms with van der Waals surface area (Å²) >= 11 is 0. The second-order valence-corrected chi connectivity index (χ2v) is 4.44. The molecule has 0 saturated heterocycles. The van der Waals surface area contributed by atoms with Crippen LogP contribution in [0.2, 0.25) is 0 Å². The van der Waals surface area contributed by atoms with Gasteiger partial charge in [-0.2, -0.15) is 0 Å². The van der Waals surface area contributed by atoms with Crippen LogP contribution in [0.1, 0.15) is 6.92 Å². The van der Waals surface area contributed by atoms with Crippen LogP contribution in [-0.2, 0) is 0 Å². The second-order valence-electron chi connectivity index (χ2n) is 4.44. The number of nitrogen functional groups attached to an aromatic ring is 1. The molecular weight excluding hydrogens is 266 g/mol. The van der Waals surface area contributed by atoms with Crippen LogP contribution in [0, 0.1) is 0 Å². The summed E-state index contributed by atoms with van der Waals surface area (Å²) in [5, 5.41) is 3.86. The van der Waals surface area contributed by atoms with Gasteiger partial charge in [0.2, 0.25) is 0 Å². The van der Waals surface area contributed by atoms with Gasteiger partial charge in [-0.15, -0.1) is 0 Å². The van der Waals surface area contributed by atoms with Gasteiger partial charge in [0.15, 0.2) is 11.6 Å². The molecule has 0 unspecified atom stereocenters. The Morgan fingerprint density at radius 1 is 1.14 bits per heavy atom. The molecule has 3 aromatic rings. The quantitative estimate of drug-likeness (QED) is 0.793. The number of nitrogens with two attached hydrogens (primary N) is 1. The Labute approximate surface area is 122 Å². The van der Waals surface area contributed by atoms with Crippen molar-refractivity contribution >= 4 is 5.82 Å². The SMILES string of the molecule is CCOc1ccc(-c2c(N)noc2-c2ccccn2)cc1. The largest absolute Gasteiger partial charge is 0.494 e. The third kappa shape index (κ3) is 2.58. The molecule has 0 amide bonds. The lowest BCUT2D eigenvalue weighted by atomic mass is 10.0. The predicted octanol–water partition coefficient (Wildman–Crippen LogP) is 3.38. The van der Waals surface area contributed by atoms with Gasteiger partial charge in [-0.25, -0.2) is 0 Å². The average Bonchev–Trinajstić information content (AvgIpc) is 2.91. The van der Waals surface area contributed by atoms with E-state index in [4.69, 9.17) is 15.0 Å². The van der Waals surface area contributed by atoms with Gasteiger partial charge in [0.1, 0.15) is 11.4 Å². The number of nitrogens with zero attached hydrogens (tertiary/aromatic N) is 2. The molecule has 0 atom stereocenters. The normalized spacial score (nSPS) is 10.5. The maximum Gasteiger partial charge on any atom is 0.195 e. The summed E-state index contributed by atoms with van der Waals surface area (Å²) in [6.07, 6.45) is 1.70. The van der Waals surface area contributed by atoms with E-state index in [0.29, 0.717) is 23.9 Å². The summed E-state index contributed by atoms with van der Waals surface area (Å²) < 4.78 is 10.8. The number of pyridine rings is 1. The molecule has 0 aliphatic carbocycles. The van der Waals surface area contributed by atoms with Crippen molar-refractivity contribution in [3.05, 3.63) is 48.7 Å². The van der Waals surface area contributed by atoms with Crippen LogP contribution < -0.4 is 10.5 Å². The molecule has 21 heavy (non-hydrogen) atoms. The summed E-state index contributed by atoms with van der Waals surface area (Å²) in [4.78, 5) is 4.28. The molecule has 5 heteroatoms. The maximum atomic E-state index is 5.94. The monoisotopic (exact) mass is 281 g/mol. The summed E-state index contributed by atoms with van der Waals surface area (Å²) in [7, 11) is 0. The van der Waals surface area contributed by atoms with Crippen LogP contribution in [0.5, 0.6) is 5.75 Å². The van der Waals surface area contributed by atoms with Gasteiger partial charge in [-0.1, -0.05) is 23.4 Å². The van der Waals surface area contributed by atoms with Crippen molar-refractivity contribution in [3.8, 4) is 28.3 Å². The summed E-state index contributed by atoms with van der Waals surface area (Å²) in [6.45, 7) is 2.58. The van der Waals surface area contributed by atoms with Gasteiger partial charge in [0.05, 0.1) is 12.2 Å². The first kappa shape index (κ1) is 13.2. The minimum absolute atomic E-state index is 0.347. The Bertz CT molecular complexity index is 721. The fourth-order valence-corrected chi connectivity index (χ4v) is 2.14. The summed E-state index contributed by atoms with van der Waals surface area (Å²) in [5.41, 5.74) is 8.30. The number of benzene rings is 1. The van der Waals surface area contributed by atoms with Gasteiger partial charge in [-0.05, 0) is 36.8 Å². The molecule has 0 spiro atoms. The van der Waals surface area contributed by atoms with Gasteiger partial charge in [0, 0.05) is 6.20 Å². The fourth-order valence-electron chi connectivity index (χ4n) is 2.14. The predicted molar refractivity (Wildman–Crippen MR) is 80.8 cm³/mol. The van der Waals surface area contributed by atoms with Crippen molar-refractivity contribution in [2.75, 3.05) is 12.3 Å². The molecule has 0 fully saturated rings. The molecule has 0 bridgehead atoms. The molecule has 0 aliphatic rings. The number of hydrogen-bond donors (Lipinski definition) is 1. The van der Waals surface area contributed by atoms with Crippen LogP contribution in [0.3, 0.4) is 0 Å². The number of anilines is 1. The zero-order valence-electron chi connectivity index (χ0n) is 11.6. The first-order valence-corrected chi connectivity index (χ1v) is 6.69. The van der Waals surface area contributed by atoms with Crippen molar-refractivity contribution in [2.45, 2.75) is 6.92 Å². The first-order chi connectivity index (χ1) is 10.3. The Morgan fingerprint density at radius 2 is 1.95 bits per heavy atom. The molecule has 2 heterocycles. The molecule has 0 aliphatic heterocycles. The van der Waals surface area contributed by atoms with E-state index >= 15 is 0 Å². The highest BCUT2D eigenvalue weighted by molar-refractivity contribution is 5.85. The van der Waals surface area contributed by atoms with Crippen LogP contribution in [0.4, 0.5) is 5.82 Å². The van der Waals surface area contributed by atoms with E-state index in [9.17, 15) is 0 Å². The van der Waals surface area contributed by atoms with Gasteiger partial charge >= 0.3 is 0 Å². The second kappa shape index (κ2) is 5.66. The molecule has 5 nitrogen and oxygen atoms in total. The lowest BCUT2D eigenvalue weighted by molar-refractivity contribution is 0.340. The zero-order chi connectivity index (χ0) is 14.7. The third-order valence-corrected chi connectivity index (χ3v) is 3.07. The van der Waals surface area contributed by atoms with Crippen molar-refractivity contribution in [1.82, 2.24) is 10.1 Å². The van der Waals surface area contributed by atoms with Gasteiger partial charge in [-0.3, -0.25) is 4.98 Å². The standard InChI is InChI=1S/C16H15N3O2/c1-2-20-12-8-6-11(7-9-12)14-15(21-19-16(14)17)13-5-3-4-10-18-13/h3-10H,2H2,1H3,(H2,17,19). The highest BCUT2D eigenvalue weighted by Crippen LogP contribution is 2.36. The molecule has 0 saturated carbocycles. The van der Waals surface area contributed by atoms with Gasteiger partial charge in [0.25, 0.3) is 0 Å². The fraction of sp³-hybridized carbons (Fsp3) is 0.125. The Hall–Kier alpha value is -2.82. The van der Waals surface area contributed by atoms with E-state index < -0.39 is 0 Å². The van der Waals surface area contributed by atoms with Crippen molar-refractivity contribution in [2.24, 2.45) is 0 Å². The first-order valence-electron chi connectivity index (χ1n) is 6.69. The smallest absolute Gasteiger partial charge is 0.195 e. The molecule has 106 valence electrons. The van der Waals surface area contributed by atoms with Crippen LogP contribution in [0.25, 0.3) is 22.6 Å². The third-order valence-electron chi connectivity index (χ3n) is 3.07. The molecule has 0 radical (unpaired) electrons. The molecule has 3 rings (SSSR count). The van der Waals surface area contributed by atoms with Crippen molar-refractivity contribution in [1.29, 1.82) is 0 Å². The molecule has 2 N–H and O–H groups in total. The van der Waals surface area contributed by atoms with Gasteiger partial charge < -0.3 is 15.0 Å². The van der Waals surface area contributed by atoms with E-state index in [2.05, 4.69) is 10.1 Å². The number of rotatable bonds is 4. The molecular formula is C16H15N3O2. The number of ether oxygens (including phenoxy) is 1. The van der Waals surface area contributed by atoms with E-state index in [1.165, 1.54) is 0 Å². The lowest BCUT2D eigenvalue weighted by Gasteiger charge is -2.05. The zero-order valence-corrected chi connectivity index (χ0v) is 11.6. The number of aromatic nitrogens is 2. The van der Waals surface area contributed by atoms with Crippen molar-refractivity contribution in [3.63, 3.8) is 0 Å².